The molecule has 1 unspecified atom stereocenters. The minimum atomic E-state index is -4.45. The minimum absolute atomic E-state index is 0.0169. The van der Waals surface area contributed by atoms with Crippen molar-refractivity contribution in [3.63, 3.8) is 0 Å². The number of morpholine rings is 1. The van der Waals surface area contributed by atoms with E-state index in [0.717, 1.165) is 12.1 Å². The maximum Gasteiger partial charge on any atom is 0.416 e. The minimum Gasteiger partial charge on any atom is -0.369 e. The molecule has 118 valence electrons. The van der Waals surface area contributed by atoms with E-state index >= 15 is 0 Å². The number of nitrogens with one attached hydrogen (secondary N) is 1. The molecule has 1 aliphatic rings. The van der Waals surface area contributed by atoms with Crippen LogP contribution in [0.4, 0.5) is 24.8 Å². The molecule has 0 radical (unpaired) electrons. The molecule has 1 saturated heterocycles. The van der Waals surface area contributed by atoms with Gasteiger partial charge < -0.3 is 15.1 Å². The molecular formula is C13H19F3N4O. The van der Waals surface area contributed by atoms with E-state index in [-0.39, 0.29) is 17.7 Å². The average molecular weight is 304 g/mol. The molecule has 1 aromatic rings. The largest absolute Gasteiger partial charge is 0.416 e. The first kappa shape index (κ1) is 15.8. The second-order valence-corrected chi connectivity index (χ2v) is 5.81. The maximum absolute atomic E-state index is 12.9. The fourth-order valence-corrected chi connectivity index (χ4v) is 2.54. The van der Waals surface area contributed by atoms with Crippen LogP contribution in [-0.2, 0) is 10.9 Å². The van der Waals surface area contributed by atoms with Gasteiger partial charge in [-0.1, -0.05) is 0 Å². The first-order valence-electron chi connectivity index (χ1n) is 6.59. The summed E-state index contributed by atoms with van der Waals surface area (Å²) in [4.78, 5) is 5.91. The molecule has 8 heteroatoms. The van der Waals surface area contributed by atoms with Gasteiger partial charge in [-0.3, -0.25) is 0 Å². The quantitative estimate of drug-likeness (QED) is 0.649. The highest BCUT2D eigenvalue weighted by molar-refractivity contribution is 5.51. The van der Waals surface area contributed by atoms with Crippen LogP contribution in [0.2, 0.25) is 0 Å². The zero-order valence-corrected chi connectivity index (χ0v) is 12.2. The smallest absolute Gasteiger partial charge is 0.369 e. The number of alkyl halides is 3. The maximum atomic E-state index is 12.9. The van der Waals surface area contributed by atoms with E-state index in [9.17, 15) is 13.2 Å². The van der Waals surface area contributed by atoms with Crippen LogP contribution in [0, 0.1) is 0 Å². The Balaban J connectivity index is 2.38. The highest BCUT2D eigenvalue weighted by Crippen LogP contribution is 2.34. The molecule has 1 aromatic heterocycles. The third-order valence-electron chi connectivity index (χ3n) is 3.18. The number of hydrazine groups is 1. The first-order chi connectivity index (χ1) is 9.60. The molecule has 2 rings (SSSR count). The van der Waals surface area contributed by atoms with Gasteiger partial charge in [0.05, 0.1) is 17.3 Å². The monoisotopic (exact) mass is 304 g/mol. The molecule has 0 amide bonds. The second kappa shape index (κ2) is 5.34. The first-order valence-corrected chi connectivity index (χ1v) is 6.59. The van der Waals surface area contributed by atoms with Gasteiger partial charge in [0.15, 0.2) is 0 Å². The van der Waals surface area contributed by atoms with Crippen molar-refractivity contribution in [1.29, 1.82) is 0 Å². The number of rotatable bonds is 2. The van der Waals surface area contributed by atoms with Crippen molar-refractivity contribution in [2.75, 3.05) is 23.4 Å². The number of anilines is 2. The van der Waals surface area contributed by atoms with E-state index in [1.807, 2.05) is 20.8 Å². The zero-order chi connectivity index (χ0) is 15.8. The summed E-state index contributed by atoms with van der Waals surface area (Å²) in [5, 5.41) is 0. The number of nitrogens with two attached hydrogens (primary N) is 1. The number of nitrogen functional groups attached to an aromatic ring is 1. The van der Waals surface area contributed by atoms with Crippen LogP contribution in [0.15, 0.2) is 12.1 Å². The van der Waals surface area contributed by atoms with Crippen molar-refractivity contribution in [2.24, 2.45) is 5.84 Å². The Hall–Kier alpha value is -1.54. The number of aromatic nitrogens is 1. The molecule has 0 aromatic carbocycles. The van der Waals surface area contributed by atoms with E-state index < -0.39 is 17.3 Å². The zero-order valence-electron chi connectivity index (χ0n) is 12.2. The fraction of sp³-hybridized carbons (Fsp3) is 0.615. The van der Waals surface area contributed by atoms with E-state index in [1.54, 1.807) is 4.90 Å². The summed E-state index contributed by atoms with van der Waals surface area (Å²) in [5.41, 5.74) is 0.947. The van der Waals surface area contributed by atoms with Gasteiger partial charge in [-0.15, -0.1) is 0 Å². The van der Waals surface area contributed by atoms with Crippen LogP contribution in [0.3, 0.4) is 0 Å². The van der Waals surface area contributed by atoms with E-state index in [0.29, 0.717) is 13.1 Å². The van der Waals surface area contributed by atoms with Gasteiger partial charge in [0.1, 0.15) is 11.6 Å². The molecule has 1 fully saturated rings. The molecule has 0 aliphatic carbocycles. The molecule has 1 atom stereocenters. The van der Waals surface area contributed by atoms with Gasteiger partial charge >= 0.3 is 6.18 Å². The average Bonchev–Trinajstić information content (AvgIpc) is 2.34. The van der Waals surface area contributed by atoms with Gasteiger partial charge in [-0.25, -0.2) is 10.8 Å². The van der Waals surface area contributed by atoms with Gasteiger partial charge in [-0.05, 0) is 32.9 Å². The van der Waals surface area contributed by atoms with Crippen molar-refractivity contribution < 1.29 is 17.9 Å². The van der Waals surface area contributed by atoms with Crippen LogP contribution < -0.4 is 16.2 Å². The number of hydrogen-bond donors (Lipinski definition) is 2. The summed E-state index contributed by atoms with van der Waals surface area (Å²) >= 11 is 0. The molecule has 0 spiro atoms. The number of pyridine rings is 1. The van der Waals surface area contributed by atoms with Gasteiger partial charge in [0.2, 0.25) is 0 Å². The Morgan fingerprint density at radius 3 is 2.62 bits per heavy atom. The summed E-state index contributed by atoms with van der Waals surface area (Å²) in [6.45, 7) is 6.59. The Kier molecular flexibility index (Phi) is 4.03. The molecule has 5 nitrogen and oxygen atoms in total. The Labute approximate surface area is 121 Å². The third kappa shape index (κ3) is 3.76. The lowest BCUT2D eigenvalue weighted by atomic mass is 10.1. The molecule has 3 N–H and O–H groups in total. The Morgan fingerprint density at radius 2 is 2.10 bits per heavy atom. The second-order valence-electron chi connectivity index (χ2n) is 5.81. The summed E-state index contributed by atoms with van der Waals surface area (Å²) in [6.07, 6.45) is -4.55. The lowest BCUT2D eigenvalue weighted by Gasteiger charge is -2.42. The highest BCUT2D eigenvalue weighted by Gasteiger charge is 2.35. The summed E-state index contributed by atoms with van der Waals surface area (Å²) in [6, 6.07) is 1.92. The number of nitrogens with zero attached hydrogens (tertiary/aromatic N) is 2. The SMILES string of the molecule is CC1CN(c2cc(C(F)(F)F)cc(NN)n2)CC(C)(C)O1. The molecule has 21 heavy (non-hydrogen) atoms. The highest BCUT2D eigenvalue weighted by atomic mass is 19.4. The number of hydrogen-bond acceptors (Lipinski definition) is 5. The number of ether oxygens (including phenoxy) is 1. The van der Waals surface area contributed by atoms with E-state index in [2.05, 4.69) is 10.4 Å². The number of halogens is 3. The predicted molar refractivity (Wildman–Crippen MR) is 73.9 cm³/mol. The van der Waals surface area contributed by atoms with Gasteiger partial charge in [0, 0.05) is 13.1 Å². The molecule has 0 saturated carbocycles. The predicted octanol–water partition coefficient (Wildman–Crippen LogP) is 2.39. The van der Waals surface area contributed by atoms with E-state index in [1.165, 1.54) is 0 Å². The topological polar surface area (TPSA) is 63.4 Å². The summed E-state index contributed by atoms with van der Waals surface area (Å²) < 4.78 is 44.6. The van der Waals surface area contributed by atoms with Crippen molar-refractivity contribution in [3.05, 3.63) is 17.7 Å². The standard InChI is InChI=1S/C13H19F3N4O/c1-8-6-20(7-12(2,3)21-8)11-5-9(13(14,15)16)4-10(18-11)19-17/h4-5,8H,6-7,17H2,1-3H3,(H,18,19). The van der Waals surface area contributed by atoms with E-state index in [4.69, 9.17) is 10.6 Å². The summed E-state index contributed by atoms with van der Waals surface area (Å²) in [7, 11) is 0. The Morgan fingerprint density at radius 1 is 1.43 bits per heavy atom. The fourth-order valence-electron chi connectivity index (χ4n) is 2.54. The van der Waals surface area contributed by atoms with Crippen molar-refractivity contribution in [1.82, 2.24) is 4.98 Å². The van der Waals surface area contributed by atoms with Gasteiger partial charge in [-0.2, -0.15) is 13.2 Å². The third-order valence-corrected chi connectivity index (χ3v) is 3.18. The van der Waals surface area contributed by atoms with Crippen LogP contribution >= 0.6 is 0 Å². The Bertz CT molecular complexity index is 519. The van der Waals surface area contributed by atoms with Crippen LogP contribution in [0.1, 0.15) is 26.3 Å². The van der Waals surface area contributed by atoms with Crippen molar-refractivity contribution in [3.8, 4) is 0 Å². The molecular weight excluding hydrogens is 285 g/mol. The van der Waals surface area contributed by atoms with Crippen LogP contribution in [0.5, 0.6) is 0 Å². The van der Waals surface area contributed by atoms with Crippen molar-refractivity contribution >= 4 is 11.6 Å². The van der Waals surface area contributed by atoms with Crippen LogP contribution in [0.25, 0.3) is 0 Å². The lowest BCUT2D eigenvalue weighted by molar-refractivity contribution is -0.137. The molecule has 0 bridgehead atoms. The molecule has 1 aliphatic heterocycles. The molecule has 2 heterocycles. The van der Waals surface area contributed by atoms with Crippen molar-refractivity contribution in [2.45, 2.75) is 38.7 Å². The lowest BCUT2D eigenvalue weighted by Crippen LogP contribution is -2.52. The normalized spacial score (nSPS) is 22.2. The van der Waals surface area contributed by atoms with Gasteiger partial charge in [0.25, 0.3) is 0 Å². The van der Waals surface area contributed by atoms with Crippen LogP contribution in [-0.4, -0.2) is 29.8 Å². The summed E-state index contributed by atoms with van der Waals surface area (Å²) in [5.74, 6) is 5.44.